The van der Waals surface area contributed by atoms with Crippen molar-refractivity contribution in [3.05, 3.63) is 83.7 Å². The van der Waals surface area contributed by atoms with Gasteiger partial charge in [0.2, 0.25) is 5.91 Å². The molecule has 0 bridgehead atoms. The van der Waals surface area contributed by atoms with Crippen molar-refractivity contribution in [3.63, 3.8) is 0 Å². The van der Waals surface area contributed by atoms with Gasteiger partial charge in [0, 0.05) is 17.7 Å². The number of carbonyl (C=O) groups is 2. The molecule has 2 aromatic carbocycles. The third-order valence-corrected chi connectivity index (χ3v) is 8.57. The average Bonchev–Trinajstić information content (AvgIpc) is 3.89. The molecule has 2 saturated heterocycles. The van der Waals surface area contributed by atoms with Gasteiger partial charge in [-0.05, 0) is 73.5 Å². The number of likely N-dealkylation sites (tertiary alicyclic amines) is 1. The van der Waals surface area contributed by atoms with Gasteiger partial charge in [-0.25, -0.2) is 14.8 Å². The number of ether oxygens (including phenoxy) is 1. The lowest BCUT2D eigenvalue weighted by atomic mass is 10.0. The molecule has 2 fully saturated rings. The summed E-state index contributed by atoms with van der Waals surface area (Å²) < 4.78 is 4.73. The van der Waals surface area contributed by atoms with Gasteiger partial charge in [0.15, 0.2) is 0 Å². The van der Waals surface area contributed by atoms with Gasteiger partial charge >= 0.3 is 6.09 Å². The number of hydrogen-bond acceptors (Lipinski definition) is 6. The minimum absolute atomic E-state index is 0.0829. The molecule has 2 amide bonds. The number of aromatic amines is 2. The molecule has 0 saturated carbocycles. The van der Waals surface area contributed by atoms with E-state index in [1.165, 1.54) is 13.5 Å². The van der Waals surface area contributed by atoms with Gasteiger partial charge in [-0.15, -0.1) is 0 Å². The molecule has 0 radical (unpaired) electrons. The standard InChI is InChI=1S/C35H39N7O3/c1-22(2)31(41-35(44)45-3)34(43)42-19-5-7-30(42)33-38-21-29(40-33)26-16-12-24(13-17-26)9-8-23-10-14-25(15-11-23)28-20-37-32(39-28)27-6-4-18-36-27/h10-17,20-22,27,30-31,36H,4-7,18-19H2,1-3H3,(H,37,39)(H,38,40)(H,41,44)/t27-,30-,31-/m0/s1. The highest BCUT2D eigenvalue weighted by Crippen LogP contribution is 2.33. The maximum absolute atomic E-state index is 13.4. The van der Waals surface area contributed by atoms with Gasteiger partial charge in [0.05, 0.1) is 43.0 Å². The van der Waals surface area contributed by atoms with Crippen molar-refractivity contribution in [2.24, 2.45) is 5.92 Å². The SMILES string of the molecule is COC(=O)N[C@H](C(=O)N1CCC[C@H]1c1ncc(-c2ccc(C#Cc3ccc(-c4cnc([C@@H]5CCCN5)[nH]4)cc3)cc2)[nH]1)C(C)C. The van der Waals surface area contributed by atoms with Gasteiger partial charge < -0.3 is 30.2 Å². The Kier molecular flexibility index (Phi) is 8.98. The van der Waals surface area contributed by atoms with E-state index in [-0.39, 0.29) is 17.9 Å². The van der Waals surface area contributed by atoms with Crippen LogP contribution in [-0.2, 0) is 9.53 Å². The first-order chi connectivity index (χ1) is 21.9. The molecule has 0 unspecified atom stereocenters. The van der Waals surface area contributed by atoms with Gasteiger partial charge in [-0.3, -0.25) is 4.79 Å². The predicted octanol–water partition coefficient (Wildman–Crippen LogP) is 5.34. The van der Waals surface area contributed by atoms with E-state index in [1.54, 1.807) is 6.20 Å². The van der Waals surface area contributed by atoms with Gasteiger partial charge in [-0.1, -0.05) is 50.0 Å². The van der Waals surface area contributed by atoms with E-state index in [2.05, 4.69) is 54.5 Å². The van der Waals surface area contributed by atoms with Crippen molar-refractivity contribution >= 4 is 12.0 Å². The van der Waals surface area contributed by atoms with Crippen molar-refractivity contribution in [2.45, 2.75) is 57.7 Å². The van der Waals surface area contributed by atoms with Crippen LogP contribution in [0.3, 0.4) is 0 Å². The van der Waals surface area contributed by atoms with E-state index >= 15 is 0 Å². The van der Waals surface area contributed by atoms with E-state index in [9.17, 15) is 9.59 Å². The number of aromatic nitrogens is 4. The molecule has 232 valence electrons. The molecule has 4 N–H and O–H groups in total. The second-order valence-corrected chi connectivity index (χ2v) is 12.0. The molecule has 2 aliphatic rings. The topological polar surface area (TPSA) is 128 Å². The fourth-order valence-electron chi connectivity index (χ4n) is 6.03. The van der Waals surface area contributed by atoms with Gasteiger partial charge in [0.1, 0.15) is 17.7 Å². The van der Waals surface area contributed by atoms with Crippen LogP contribution in [0, 0.1) is 17.8 Å². The maximum atomic E-state index is 13.4. The maximum Gasteiger partial charge on any atom is 0.407 e. The molecule has 3 atom stereocenters. The Morgan fingerprint density at radius 2 is 1.49 bits per heavy atom. The summed E-state index contributed by atoms with van der Waals surface area (Å²) in [6.07, 6.45) is 7.06. The largest absolute Gasteiger partial charge is 0.453 e. The van der Waals surface area contributed by atoms with Crippen LogP contribution in [0.1, 0.15) is 74.4 Å². The zero-order chi connectivity index (χ0) is 31.3. The second kappa shape index (κ2) is 13.4. The third-order valence-electron chi connectivity index (χ3n) is 8.57. The first-order valence-corrected chi connectivity index (χ1v) is 15.6. The number of H-pyrrole nitrogens is 2. The number of rotatable bonds is 7. The van der Waals surface area contributed by atoms with Crippen LogP contribution in [0.15, 0.2) is 60.9 Å². The quantitative estimate of drug-likeness (QED) is 0.211. The summed E-state index contributed by atoms with van der Waals surface area (Å²) in [5, 5.41) is 6.17. The van der Waals surface area contributed by atoms with Crippen molar-refractivity contribution in [3.8, 4) is 34.4 Å². The highest BCUT2D eigenvalue weighted by atomic mass is 16.5. The Hall–Kier alpha value is -4.88. The number of carbonyl (C=O) groups excluding carboxylic acids is 2. The highest BCUT2D eigenvalue weighted by molar-refractivity contribution is 5.86. The summed E-state index contributed by atoms with van der Waals surface area (Å²) in [5.41, 5.74) is 5.81. The first-order valence-electron chi connectivity index (χ1n) is 15.6. The van der Waals surface area contributed by atoms with Crippen molar-refractivity contribution in [2.75, 3.05) is 20.2 Å². The molecule has 6 rings (SSSR count). The van der Waals surface area contributed by atoms with Crippen molar-refractivity contribution in [1.29, 1.82) is 0 Å². The van der Waals surface area contributed by atoms with Crippen LogP contribution < -0.4 is 10.6 Å². The first kappa shape index (κ1) is 30.2. The lowest BCUT2D eigenvalue weighted by Crippen LogP contribution is -2.51. The third kappa shape index (κ3) is 6.79. The minimum atomic E-state index is -0.664. The average molecular weight is 606 g/mol. The van der Waals surface area contributed by atoms with Crippen LogP contribution in [-0.4, -0.2) is 63.1 Å². The van der Waals surface area contributed by atoms with Crippen LogP contribution >= 0.6 is 0 Å². The Balaban J connectivity index is 1.09. The summed E-state index contributed by atoms with van der Waals surface area (Å²) >= 11 is 0. The summed E-state index contributed by atoms with van der Waals surface area (Å²) in [4.78, 5) is 43.2. The predicted molar refractivity (Wildman–Crippen MR) is 172 cm³/mol. The van der Waals surface area contributed by atoms with Crippen LogP contribution in [0.5, 0.6) is 0 Å². The Labute approximate surface area is 263 Å². The van der Waals surface area contributed by atoms with Crippen molar-refractivity contribution in [1.82, 2.24) is 35.5 Å². The summed E-state index contributed by atoms with van der Waals surface area (Å²) in [6.45, 7) is 5.47. The number of nitrogens with one attached hydrogen (secondary N) is 4. The van der Waals surface area contributed by atoms with E-state index < -0.39 is 12.1 Å². The van der Waals surface area contributed by atoms with Gasteiger partial charge in [0.25, 0.3) is 0 Å². The molecule has 4 aromatic rings. The van der Waals surface area contributed by atoms with Crippen LogP contribution in [0.4, 0.5) is 4.79 Å². The zero-order valence-electron chi connectivity index (χ0n) is 25.9. The van der Waals surface area contributed by atoms with Gasteiger partial charge in [-0.2, -0.15) is 0 Å². The summed E-state index contributed by atoms with van der Waals surface area (Å²) in [7, 11) is 1.30. The van der Waals surface area contributed by atoms with E-state index in [0.29, 0.717) is 12.6 Å². The molecule has 4 heterocycles. The molecule has 45 heavy (non-hydrogen) atoms. The minimum Gasteiger partial charge on any atom is -0.453 e. The number of benzene rings is 2. The summed E-state index contributed by atoms with van der Waals surface area (Å²) in [5.74, 6) is 8.05. The number of nitrogens with zero attached hydrogens (tertiary/aromatic N) is 3. The Bertz CT molecular complexity index is 1690. The van der Waals surface area contributed by atoms with Crippen LogP contribution in [0.2, 0.25) is 0 Å². The van der Waals surface area contributed by atoms with E-state index in [1.807, 2.05) is 61.3 Å². The highest BCUT2D eigenvalue weighted by Gasteiger charge is 2.37. The summed E-state index contributed by atoms with van der Waals surface area (Å²) in [6, 6.07) is 15.7. The number of methoxy groups -OCH3 is 1. The molecular formula is C35H39N7O3. The Morgan fingerprint density at radius 3 is 2.04 bits per heavy atom. The molecule has 2 aromatic heterocycles. The molecule has 0 aliphatic carbocycles. The van der Waals surface area contributed by atoms with E-state index in [4.69, 9.17) is 4.74 Å². The molecular weight excluding hydrogens is 566 g/mol. The monoisotopic (exact) mass is 605 g/mol. The number of hydrogen-bond donors (Lipinski definition) is 4. The van der Waals surface area contributed by atoms with Crippen molar-refractivity contribution < 1.29 is 14.3 Å². The molecule has 2 aliphatic heterocycles. The van der Waals surface area contributed by atoms with E-state index in [0.717, 1.165) is 71.1 Å². The lowest BCUT2D eigenvalue weighted by Gasteiger charge is -2.30. The number of imidazole rings is 2. The lowest BCUT2D eigenvalue weighted by molar-refractivity contribution is -0.135. The fourth-order valence-corrected chi connectivity index (χ4v) is 6.03. The number of amides is 2. The normalized spacial score (nSPS) is 18.4. The fraction of sp³-hybridized carbons (Fsp3) is 0.371. The molecule has 10 nitrogen and oxygen atoms in total. The Morgan fingerprint density at radius 1 is 0.889 bits per heavy atom. The second-order valence-electron chi connectivity index (χ2n) is 12.0. The number of alkyl carbamates (subject to hydrolysis) is 1. The molecule has 0 spiro atoms. The molecule has 10 heteroatoms. The zero-order valence-corrected chi connectivity index (χ0v) is 25.9. The van der Waals surface area contributed by atoms with Crippen LogP contribution in [0.25, 0.3) is 22.5 Å². The smallest absolute Gasteiger partial charge is 0.407 e.